The van der Waals surface area contributed by atoms with Crippen LogP contribution >= 0.6 is 11.3 Å². The Labute approximate surface area is 146 Å². The number of esters is 1. The Hall–Kier alpha value is -1.89. The molecule has 1 aromatic heterocycles. The van der Waals surface area contributed by atoms with Gasteiger partial charge in [-0.05, 0) is 38.2 Å². The van der Waals surface area contributed by atoms with Crippen LogP contribution in [0.25, 0.3) is 0 Å². The highest BCUT2D eigenvalue weighted by atomic mass is 32.1. The van der Waals surface area contributed by atoms with Crippen molar-refractivity contribution in [2.75, 3.05) is 25.0 Å². The fourth-order valence-electron chi connectivity index (χ4n) is 2.83. The first kappa shape index (κ1) is 18.4. The second-order valence-corrected chi connectivity index (χ2v) is 7.56. The molecule has 0 aliphatic carbocycles. The van der Waals surface area contributed by atoms with Gasteiger partial charge in [0.2, 0.25) is 5.91 Å². The molecule has 0 spiro atoms. The van der Waals surface area contributed by atoms with Gasteiger partial charge in [-0.3, -0.25) is 9.59 Å². The number of aryl methyl sites for hydroxylation is 1. The van der Waals surface area contributed by atoms with Gasteiger partial charge in [0.1, 0.15) is 5.00 Å². The Kier molecular flexibility index (Phi) is 5.99. The minimum atomic E-state index is -0.570. The van der Waals surface area contributed by atoms with Crippen molar-refractivity contribution in [3.63, 3.8) is 0 Å². The standard InChI is InChI=1S/C17H24N2O4S/c1-10-6-5-7-19(8-10)14(21)9-23-17(22)15-11(2)12(3)24-16(15)18-13(4)20/h10H,5-9H2,1-4H3,(H,18,20). The molecule has 1 saturated heterocycles. The Morgan fingerprint density at radius 1 is 1.33 bits per heavy atom. The molecule has 6 nitrogen and oxygen atoms in total. The number of carbonyl (C=O) groups excluding carboxylic acids is 3. The molecule has 1 aliphatic heterocycles. The number of carbonyl (C=O) groups is 3. The van der Waals surface area contributed by atoms with Crippen molar-refractivity contribution < 1.29 is 19.1 Å². The summed E-state index contributed by atoms with van der Waals surface area (Å²) in [5.74, 6) is -0.505. The lowest BCUT2D eigenvalue weighted by atomic mass is 10.0. The van der Waals surface area contributed by atoms with Crippen molar-refractivity contribution in [3.8, 4) is 0 Å². The number of likely N-dealkylation sites (tertiary alicyclic amines) is 1. The van der Waals surface area contributed by atoms with Gasteiger partial charge in [0, 0.05) is 24.9 Å². The van der Waals surface area contributed by atoms with Gasteiger partial charge in [-0.15, -0.1) is 11.3 Å². The van der Waals surface area contributed by atoms with Gasteiger partial charge in [-0.2, -0.15) is 0 Å². The molecule has 2 amide bonds. The summed E-state index contributed by atoms with van der Waals surface area (Å²) in [6.07, 6.45) is 2.10. The van der Waals surface area contributed by atoms with E-state index in [1.54, 1.807) is 4.90 Å². The van der Waals surface area contributed by atoms with Crippen LogP contribution < -0.4 is 5.32 Å². The normalized spacial score (nSPS) is 17.5. The number of hydrogen-bond acceptors (Lipinski definition) is 5. The molecule has 1 aliphatic rings. The van der Waals surface area contributed by atoms with Crippen molar-refractivity contribution >= 4 is 34.1 Å². The lowest BCUT2D eigenvalue weighted by Gasteiger charge is -2.30. The fourth-order valence-corrected chi connectivity index (χ4v) is 3.92. The Morgan fingerprint density at radius 3 is 2.67 bits per heavy atom. The molecule has 132 valence electrons. The quantitative estimate of drug-likeness (QED) is 0.846. The van der Waals surface area contributed by atoms with Gasteiger partial charge in [0.15, 0.2) is 6.61 Å². The van der Waals surface area contributed by atoms with Crippen molar-refractivity contribution in [1.29, 1.82) is 0 Å². The number of ether oxygens (including phenoxy) is 1. The molecule has 0 aromatic carbocycles. The molecule has 24 heavy (non-hydrogen) atoms. The van der Waals surface area contributed by atoms with Gasteiger partial charge in [0.05, 0.1) is 5.56 Å². The van der Waals surface area contributed by atoms with Crippen LogP contribution in [-0.2, 0) is 14.3 Å². The van der Waals surface area contributed by atoms with E-state index in [2.05, 4.69) is 12.2 Å². The number of anilines is 1. The third-order valence-electron chi connectivity index (χ3n) is 4.22. The van der Waals surface area contributed by atoms with Crippen LogP contribution in [0.3, 0.4) is 0 Å². The van der Waals surface area contributed by atoms with Gasteiger partial charge < -0.3 is 15.0 Å². The third kappa shape index (κ3) is 4.35. The van der Waals surface area contributed by atoms with Crippen LogP contribution in [0, 0.1) is 19.8 Å². The largest absolute Gasteiger partial charge is 0.452 e. The van der Waals surface area contributed by atoms with Crippen molar-refractivity contribution in [2.24, 2.45) is 5.92 Å². The zero-order chi connectivity index (χ0) is 17.9. The van der Waals surface area contributed by atoms with E-state index >= 15 is 0 Å². The summed E-state index contributed by atoms with van der Waals surface area (Å²) in [4.78, 5) is 38.6. The van der Waals surface area contributed by atoms with Crippen LogP contribution in [0.2, 0.25) is 0 Å². The monoisotopic (exact) mass is 352 g/mol. The predicted octanol–water partition coefficient (Wildman–Crippen LogP) is 2.74. The number of nitrogens with zero attached hydrogens (tertiary/aromatic N) is 1. The molecular weight excluding hydrogens is 328 g/mol. The Balaban J connectivity index is 2.02. The molecule has 0 radical (unpaired) electrons. The zero-order valence-corrected chi connectivity index (χ0v) is 15.4. The highest BCUT2D eigenvalue weighted by Gasteiger charge is 2.25. The topological polar surface area (TPSA) is 75.7 Å². The average molecular weight is 352 g/mol. The molecule has 1 fully saturated rings. The van der Waals surface area contributed by atoms with E-state index in [1.807, 2.05) is 13.8 Å². The van der Waals surface area contributed by atoms with Gasteiger partial charge in [0.25, 0.3) is 5.91 Å². The molecule has 0 saturated carbocycles. The van der Waals surface area contributed by atoms with Gasteiger partial charge in [-0.25, -0.2) is 4.79 Å². The number of nitrogens with one attached hydrogen (secondary N) is 1. The molecule has 2 rings (SSSR count). The number of thiophene rings is 1. The molecule has 1 aromatic rings. The second-order valence-electron chi connectivity index (χ2n) is 6.33. The first-order chi connectivity index (χ1) is 11.3. The van der Waals surface area contributed by atoms with Crippen LogP contribution in [-0.4, -0.2) is 42.4 Å². The second kappa shape index (κ2) is 7.79. The van der Waals surface area contributed by atoms with E-state index in [-0.39, 0.29) is 18.4 Å². The molecule has 0 bridgehead atoms. The van der Waals surface area contributed by atoms with E-state index in [0.717, 1.165) is 23.3 Å². The van der Waals surface area contributed by atoms with E-state index < -0.39 is 5.97 Å². The van der Waals surface area contributed by atoms with Crippen LogP contribution in [0.15, 0.2) is 0 Å². The maximum atomic E-state index is 12.4. The molecule has 1 N–H and O–H groups in total. The summed E-state index contributed by atoms with van der Waals surface area (Å²) in [5, 5.41) is 3.13. The minimum absolute atomic E-state index is 0.166. The Bertz CT molecular complexity index is 653. The fraction of sp³-hybridized carbons (Fsp3) is 0.588. The lowest BCUT2D eigenvalue weighted by Crippen LogP contribution is -2.41. The molecule has 7 heteroatoms. The molecule has 1 unspecified atom stereocenters. The molecular formula is C17H24N2O4S. The summed E-state index contributed by atoms with van der Waals surface area (Å²) in [5.41, 5.74) is 1.11. The summed E-state index contributed by atoms with van der Waals surface area (Å²) < 4.78 is 5.22. The maximum absolute atomic E-state index is 12.4. The number of amides is 2. The maximum Gasteiger partial charge on any atom is 0.341 e. The number of rotatable bonds is 4. The lowest BCUT2D eigenvalue weighted by molar-refractivity contribution is -0.136. The van der Waals surface area contributed by atoms with Gasteiger partial charge in [-0.1, -0.05) is 6.92 Å². The predicted molar refractivity (Wildman–Crippen MR) is 93.4 cm³/mol. The van der Waals surface area contributed by atoms with Gasteiger partial charge >= 0.3 is 5.97 Å². The smallest absolute Gasteiger partial charge is 0.341 e. The molecule has 1 atom stereocenters. The van der Waals surface area contributed by atoms with Crippen LogP contribution in [0.5, 0.6) is 0 Å². The van der Waals surface area contributed by atoms with Crippen molar-refractivity contribution in [2.45, 2.75) is 40.5 Å². The average Bonchev–Trinajstić information content (AvgIpc) is 2.78. The summed E-state index contributed by atoms with van der Waals surface area (Å²) in [7, 11) is 0. The van der Waals surface area contributed by atoms with E-state index in [0.29, 0.717) is 29.6 Å². The van der Waals surface area contributed by atoms with E-state index in [1.165, 1.54) is 18.3 Å². The number of hydrogen-bond donors (Lipinski definition) is 1. The highest BCUT2D eigenvalue weighted by molar-refractivity contribution is 7.16. The van der Waals surface area contributed by atoms with E-state index in [4.69, 9.17) is 4.74 Å². The van der Waals surface area contributed by atoms with Crippen LogP contribution in [0.1, 0.15) is 47.5 Å². The Morgan fingerprint density at radius 2 is 2.04 bits per heavy atom. The van der Waals surface area contributed by atoms with Crippen molar-refractivity contribution in [3.05, 3.63) is 16.0 Å². The third-order valence-corrected chi connectivity index (χ3v) is 5.34. The number of piperidine rings is 1. The summed E-state index contributed by atoms with van der Waals surface area (Å²) >= 11 is 1.33. The van der Waals surface area contributed by atoms with Crippen LogP contribution in [0.4, 0.5) is 5.00 Å². The molecule has 2 heterocycles. The SMILES string of the molecule is CC(=O)Nc1sc(C)c(C)c1C(=O)OCC(=O)N1CCCC(C)C1. The van der Waals surface area contributed by atoms with Crippen molar-refractivity contribution in [1.82, 2.24) is 4.90 Å². The zero-order valence-electron chi connectivity index (χ0n) is 14.6. The first-order valence-electron chi connectivity index (χ1n) is 8.12. The summed E-state index contributed by atoms with van der Waals surface area (Å²) in [6.45, 7) is 8.35. The first-order valence-corrected chi connectivity index (χ1v) is 8.93. The van der Waals surface area contributed by atoms with E-state index in [9.17, 15) is 14.4 Å². The minimum Gasteiger partial charge on any atom is -0.452 e. The highest BCUT2D eigenvalue weighted by Crippen LogP contribution is 2.33. The summed E-state index contributed by atoms with van der Waals surface area (Å²) in [6, 6.07) is 0.